The standard InChI is InChI=1S/C9H9N5O3S2/c1-6(15)11-8-12-13-9(18-8)19(16,17)14-7-4-2-3-5-10-7/h2-5H,1H3,(H,10,14)(H,11,12,15). The zero-order chi connectivity index (χ0) is 13.9. The van der Waals surface area contributed by atoms with E-state index in [-0.39, 0.29) is 21.2 Å². The van der Waals surface area contributed by atoms with Gasteiger partial charge in [0.15, 0.2) is 0 Å². The van der Waals surface area contributed by atoms with E-state index < -0.39 is 10.0 Å². The summed E-state index contributed by atoms with van der Waals surface area (Å²) in [5.74, 6) is -0.170. The maximum atomic E-state index is 11.9. The molecule has 0 aliphatic heterocycles. The van der Waals surface area contributed by atoms with Gasteiger partial charge in [-0.05, 0) is 12.1 Å². The molecule has 0 aliphatic rings. The molecule has 2 aromatic heterocycles. The van der Waals surface area contributed by atoms with Gasteiger partial charge in [0.25, 0.3) is 14.4 Å². The van der Waals surface area contributed by atoms with Gasteiger partial charge in [-0.2, -0.15) is 8.42 Å². The normalized spacial score (nSPS) is 11.0. The van der Waals surface area contributed by atoms with E-state index in [4.69, 9.17) is 0 Å². The van der Waals surface area contributed by atoms with Crippen LogP contribution in [0.5, 0.6) is 0 Å². The molecule has 0 saturated carbocycles. The smallest absolute Gasteiger partial charge is 0.292 e. The number of nitrogens with zero attached hydrogens (tertiary/aromatic N) is 3. The lowest BCUT2D eigenvalue weighted by molar-refractivity contribution is -0.114. The van der Waals surface area contributed by atoms with Gasteiger partial charge in [-0.1, -0.05) is 17.4 Å². The summed E-state index contributed by atoms with van der Waals surface area (Å²) >= 11 is 0.755. The minimum atomic E-state index is -3.85. The summed E-state index contributed by atoms with van der Waals surface area (Å²) < 4.78 is 25.9. The van der Waals surface area contributed by atoms with Crippen LogP contribution in [0.2, 0.25) is 0 Å². The minimum Gasteiger partial charge on any atom is -0.301 e. The van der Waals surface area contributed by atoms with Crippen molar-refractivity contribution >= 4 is 38.2 Å². The number of amides is 1. The summed E-state index contributed by atoms with van der Waals surface area (Å²) in [4.78, 5) is 14.7. The van der Waals surface area contributed by atoms with Crippen LogP contribution in [0.25, 0.3) is 0 Å². The Bertz CT molecular complexity index is 683. The van der Waals surface area contributed by atoms with Crippen molar-refractivity contribution in [2.45, 2.75) is 11.3 Å². The second kappa shape index (κ2) is 5.28. The molecule has 19 heavy (non-hydrogen) atoms. The third-order valence-corrected chi connectivity index (χ3v) is 4.38. The fourth-order valence-electron chi connectivity index (χ4n) is 1.12. The number of anilines is 2. The predicted molar refractivity (Wildman–Crippen MR) is 69.3 cm³/mol. The summed E-state index contributed by atoms with van der Waals surface area (Å²) in [5.41, 5.74) is 0. The number of carbonyl (C=O) groups excluding carboxylic acids is 1. The second-order valence-corrected chi connectivity index (χ2v) is 6.21. The average molecular weight is 299 g/mol. The summed E-state index contributed by atoms with van der Waals surface area (Å²) in [7, 11) is -3.85. The van der Waals surface area contributed by atoms with Crippen LogP contribution < -0.4 is 10.0 Å². The molecule has 0 atom stereocenters. The minimum absolute atomic E-state index is 0.119. The van der Waals surface area contributed by atoms with E-state index in [1.807, 2.05) is 0 Å². The number of pyridine rings is 1. The van der Waals surface area contributed by atoms with Crippen molar-refractivity contribution in [2.75, 3.05) is 10.0 Å². The average Bonchev–Trinajstić information content (AvgIpc) is 2.78. The van der Waals surface area contributed by atoms with Crippen LogP contribution in [-0.4, -0.2) is 29.5 Å². The van der Waals surface area contributed by atoms with Crippen molar-refractivity contribution in [1.29, 1.82) is 0 Å². The van der Waals surface area contributed by atoms with Crippen LogP contribution >= 0.6 is 11.3 Å². The molecule has 0 fully saturated rings. The topological polar surface area (TPSA) is 114 Å². The Balaban J connectivity index is 2.20. The number of hydrogen-bond acceptors (Lipinski definition) is 7. The van der Waals surface area contributed by atoms with Gasteiger partial charge in [0.2, 0.25) is 11.0 Å². The molecule has 0 aliphatic carbocycles. The van der Waals surface area contributed by atoms with Crippen LogP contribution in [0.3, 0.4) is 0 Å². The van der Waals surface area contributed by atoms with E-state index in [9.17, 15) is 13.2 Å². The Morgan fingerprint density at radius 2 is 2.11 bits per heavy atom. The van der Waals surface area contributed by atoms with E-state index in [1.165, 1.54) is 19.2 Å². The third kappa shape index (κ3) is 3.45. The zero-order valence-corrected chi connectivity index (χ0v) is 11.3. The number of hydrogen-bond donors (Lipinski definition) is 2. The quantitative estimate of drug-likeness (QED) is 0.803. The van der Waals surface area contributed by atoms with Gasteiger partial charge in [-0.25, -0.2) is 4.98 Å². The molecule has 2 heterocycles. The van der Waals surface area contributed by atoms with Crippen LogP contribution in [0.1, 0.15) is 6.92 Å². The highest BCUT2D eigenvalue weighted by atomic mass is 32.2. The van der Waals surface area contributed by atoms with Gasteiger partial charge >= 0.3 is 0 Å². The van der Waals surface area contributed by atoms with Crippen LogP contribution in [-0.2, 0) is 14.8 Å². The van der Waals surface area contributed by atoms with Crippen molar-refractivity contribution < 1.29 is 13.2 Å². The van der Waals surface area contributed by atoms with Crippen molar-refractivity contribution in [3.05, 3.63) is 24.4 Å². The molecule has 100 valence electrons. The lowest BCUT2D eigenvalue weighted by Gasteiger charge is -2.02. The van der Waals surface area contributed by atoms with E-state index >= 15 is 0 Å². The molecule has 8 nitrogen and oxygen atoms in total. The van der Waals surface area contributed by atoms with Gasteiger partial charge in [-0.15, -0.1) is 10.2 Å². The van der Waals surface area contributed by atoms with Gasteiger partial charge < -0.3 is 5.32 Å². The molecule has 0 radical (unpaired) electrons. The summed E-state index contributed by atoms with van der Waals surface area (Å²) in [6, 6.07) is 4.82. The third-order valence-electron chi connectivity index (χ3n) is 1.82. The molecule has 1 amide bonds. The fourth-order valence-corrected chi connectivity index (χ4v) is 3.08. The lowest BCUT2D eigenvalue weighted by Crippen LogP contribution is -2.13. The molecule has 10 heteroatoms. The molecule has 0 spiro atoms. The molecule has 2 aromatic rings. The highest BCUT2D eigenvalue weighted by Crippen LogP contribution is 2.21. The van der Waals surface area contributed by atoms with Gasteiger partial charge in [0.1, 0.15) is 5.82 Å². The van der Waals surface area contributed by atoms with E-state index in [0.717, 1.165) is 11.3 Å². The van der Waals surface area contributed by atoms with Crippen LogP contribution in [0.4, 0.5) is 10.9 Å². The molecule has 2 rings (SSSR count). The van der Waals surface area contributed by atoms with E-state index in [1.54, 1.807) is 12.1 Å². The predicted octanol–water partition coefficient (Wildman–Crippen LogP) is 0.692. The Morgan fingerprint density at radius 3 is 2.74 bits per heavy atom. The first-order chi connectivity index (χ1) is 8.97. The number of aromatic nitrogens is 3. The number of rotatable bonds is 4. The Hall–Kier alpha value is -2.07. The molecular weight excluding hydrogens is 290 g/mol. The van der Waals surface area contributed by atoms with Crippen LogP contribution in [0, 0.1) is 0 Å². The first-order valence-electron chi connectivity index (χ1n) is 5.02. The summed E-state index contributed by atoms with van der Waals surface area (Å²) in [6.45, 7) is 1.29. The number of nitrogens with one attached hydrogen (secondary N) is 2. The zero-order valence-electron chi connectivity index (χ0n) is 9.69. The lowest BCUT2D eigenvalue weighted by atomic mass is 10.5. The van der Waals surface area contributed by atoms with E-state index in [2.05, 4.69) is 25.2 Å². The first-order valence-corrected chi connectivity index (χ1v) is 7.32. The monoisotopic (exact) mass is 299 g/mol. The Labute approximate surface area is 113 Å². The molecule has 2 N–H and O–H groups in total. The first kappa shape index (κ1) is 13.4. The number of carbonyl (C=O) groups is 1. The second-order valence-electron chi connectivity index (χ2n) is 3.37. The van der Waals surface area contributed by atoms with Gasteiger partial charge in [0, 0.05) is 13.1 Å². The van der Waals surface area contributed by atoms with E-state index in [0.29, 0.717) is 0 Å². The van der Waals surface area contributed by atoms with Crippen molar-refractivity contribution in [3.8, 4) is 0 Å². The maximum Gasteiger partial charge on any atom is 0.292 e. The summed E-state index contributed by atoms with van der Waals surface area (Å²) in [6.07, 6.45) is 1.46. The van der Waals surface area contributed by atoms with Crippen molar-refractivity contribution in [3.63, 3.8) is 0 Å². The highest BCUT2D eigenvalue weighted by Gasteiger charge is 2.21. The Kier molecular flexibility index (Phi) is 3.71. The van der Waals surface area contributed by atoms with Gasteiger partial charge in [-0.3, -0.25) is 9.52 Å². The van der Waals surface area contributed by atoms with Crippen molar-refractivity contribution in [2.24, 2.45) is 0 Å². The largest absolute Gasteiger partial charge is 0.301 e. The molecular formula is C9H9N5O3S2. The number of sulfonamides is 1. The van der Waals surface area contributed by atoms with Crippen molar-refractivity contribution in [1.82, 2.24) is 15.2 Å². The molecule has 0 bridgehead atoms. The fraction of sp³-hybridized carbons (Fsp3) is 0.111. The molecule has 0 unspecified atom stereocenters. The Morgan fingerprint density at radius 1 is 1.32 bits per heavy atom. The van der Waals surface area contributed by atoms with Gasteiger partial charge in [0.05, 0.1) is 0 Å². The highest BCUT2D eigenvalue weighted by molar-refractivity contribution is 7.94. The SMILES string of the molecule is CC(=O)Nc1nnc(S(=O)(=O)Nc2ccccn2)s1. The maximum absolute atomic E-state index is 11.9. The van der Waals surface area contributed by atoms with Crippen LogP contribution in [0.15, 0.2) is 28.7 Å². The summed E-state index contributed by atoms with van der Waals surface area (Å²) in [5, 5.41) is 9.55. The molecule has 0 saturated heterocycles. The molecule has 0 aromatic carbocycles.